The molecule has 4 nitrogen and oxygen atoms in total. The molecular formula is C10H16N2O2S. The van der Waals surface area contributed by atoms with Crippen molar-refractivity contribution in [2.75, 3.05) is 6.61 Å². The summed E-state index contributed by atoms with van der Waals surface area (Å²) in [6.45, 7) is 3.85. The molecule has 0 aromatic carbocycles. The SMILES string of the molecule is CCC(CC)(CO)NC(=O)c1cscn1. The number of nitrogens with zero attached hydrogens (tertiary/aromatic N) is 1. The van der Waals surface area contributed by atoms with Gasteiger partial charge in [0.05, 0.1) is 17.7 Å². The number of rotatable bonds is 5. The van der Waals surface area contributed by atoms with Gasteiger partial charge in [0, 0.05) is 5.38 Å². The highest BCUT2D eigenvalue weighted by molar-refractivity contribution is 7.07. The largest absolute Gasteiger partial charge is 0.394 e. The lowest BCUT2D eigenvalue weighted by Gasteiger charge is -2.30. The molecule has 1 aromatic rings. The van der Waals surface area contributed by atoms with Crippen LogP contribution in [0.5, 0.6) is 0 Å². The first-order valence-corrected chi connectivity index (χ1v) is 5.93. The van der Waals surface area contributed by atoms with Crippen LogP contribution in [0, 0.1) is 0 Å². The molecule has 1 amide bonds. The van der Waals surface area contributed by atoms with E-state index in [0.717, 1.165) is 0 Å². The van der Waals surface area contributed by atoms with Gasteiger partial charge < -0.3 is 10.4 Å². The molecule has 15 heavy (non-hydrogen) atoms. The molecule has 0 unspecified atom stereocenters. The van der Waals surface area contributed by atoms with Crippen LogP contribution in [0.25, 0.3) is 0 Å². The molecule has 1 rings (SSSR count). The van der Waals surface area contributed by atoms with E-state index in [1.807, 2.05) is 13.8 Å². The van der Waals surface area contributed by atoms with Crippen LogP contribution < -0.4 is 5.32 Å². The van der Waals surface area contributed by atoms with Crippen molar-refractivity contribution < 1.29 is 9.90 Å². The third-order valence-electron chi connectivity index (χ3n) is 2.70. The summed E-state index contributed by atoms with van der Waals surface area (Å²) in [7, 11) is 0. The summed E-state index contributed by atoms with van der Waals surface area (Å²) in [5, 5.41) is 13.8. The normalized spacial score (nSPS) is 11.4. The first-order valence-electron chi connectivity index (χ1n) is 4.99. The Morgan fingerprint density at radius 3 is 2.67 bits per heavy atom. The summed E-state index contributed by atoms with van der Waals surface area (Å²) in [4.78, 5) is 15.6. The first-order chi connectivity index (χ1) is 7.17. The van der Waals surface area contributed by atoms with Crippen molar-refractivity contribution in [3.05, 3.63) is 16.6 Å². The zero-order valence-electron chi connectivity index (χ0n) is 8.99. The molecule has 0 aliphatic heterocycles. The Kier molecular flexibility index (Phi) is 4.23. The maximum absolute atomic E-state index is 11.7. The van der Waals surface area contributed by atoms with Gasteiger partial charge in [0.15, 0.2) is 0 Å². The van der Waals surface area contributed by atoms with Gasteiger partial charge in [-0.25, -0.2) is 4.98 Å². The molecule has 0 bridgehead atoms. The topological polar surface area (TPSA) is 62.2 Å². The second-order valence-electron chi connectivity index (χ2n) is 3.47. The van der Waals surface area contributed by atoms with Gasteiger partial charge in [0.1, 0.15) is 5.69 Å². The lowest BCUT2D eigenvalue weighted by Crippen LogP contribution is -2.50. The van der Waals surface area contributed by atoms with E-state index >= 15 is 0 Å². The number of carbonyl (C=O) groups is 1. The van der Waals surface area contributed by atoms with Crippen molar-refractivity contribution in [3.8, 4) is 0 Å². The number of thiazole rings is 1. The Bertz CT molecular complexity index is 299. The van der Waals surface area contributed by atoms with Gasteiger partial charge in [-0.3, -0.25) is 4.79 Å². The number of hydrogen-bond donors (Lipinski definition) is 2. The molecule has 1 heterocycles. The van der Waals surface area contributed by atoms with E-state index in [1.54, 1.807) is 10.9 Å². The summed E-state index contributed by atoms with van der Waals surface area (Å²) in [5.41, 5.74) is 1.52. The zero-order chi connectivity index (χ0) is 11.3. The van der Waals surface area contributed by atoms with Gasteiger partial charge in [-0.2, -0.15) is 0 Å². The minimum atomic E-state index is -0.513. The maximum Gasteiger partial charge on any atom is 0.271 e. The molecule has 0 aliphatic carbocycles. The summed E-state index contributed by atoms with van der Waals surface area (Å²) in [5.74, 6) is -0.214. The van der Waals surface area contributed by atoms with Crippen LogP contribution in [0.3, 0.4) is 0 Å². The molecule has 0 spiro atoms. The van der Waals surface area contributed by atoms with E-state index in [9.17, 15) is 9.90 Å². The minimum absolute atomic E-state index is 0.0458. The third-order valence-corrected chi connectivity index (χ3v) is 3.29. The second kappa shape index (κ2) is 5.23. The average Bonchev–Trinajstić information content (AvgIpc) is 2.79. The molecule has 0 saturated carbocycles. The van der Waals surface area contributed by atoms with Crippen LogP contribution in [-0.4, -0.2) is 28.1 Å². The van der Waals surface area contributed by atoms with Crippen molar-refractivity contribution in [2.24, 2.45) is 0 Å². The van der Waals surface area contributed by atoms with Crippen molar-refractivity contribution in [1.29, 1.82) is 0 Å². The van der Waals surface area contributed by atoms with E-state index in [-0.39, 0.29) is 12.5 Å². The number of hydrogen-bond acceptors (Lipinski definition) is 4. The maximum atomic E-state index is 11.7. The quantitative estimate of drug-likeness (QED) is 0.801. The molecule has 0 fully saturated rings. The number of aliphatic hydroxyl groups is 1. The third kappa shape index (κ3) is 2.76. The highest BCUT2D eigenvalue weighted by Gasteiger charge is 2.27. The van der Waals surface area contributed by atoms with Crippen LogP contribution in [0.2, 0.25) is 0 Å². The van der Waals surface area contributed by atoms with Crippen LogP contribution >= 0.6 is 11.3 Å². The van der Waals surface area contributed by atoms with Crippen LogP contribution in [0.1, 0.15) is 37.2 Å². The van der Waals surface area contributed by atoms with E-state index in [1.165, 1.54) is 11.3 Å². The van der Waals surface area contributed by atoms with Gasteiger partial charge in [0.2, 0.25) is 0 Å². The molecule has 0 saturated heterocycles. The minimum Gasteiger partial charge on any atom is -0.394 e. The highest BCUT2D eigenvalue weighted by Crippen LogP contribution is 2.15. The number of carbonyl (C=O) groups excluding carboxylic acids is 1. The van der Waals surface area contributed by atoms with Crippen LogP contribution in [0.4, 0.5) is 0 Å². The first kappa shape index (κ1) is 12.1. The summed E-state index contributed by atoms with van der Waals surface area (Å²) in [6.07, 6.45) is 1.41. The van der Waals surface area contributed by atoms with Gasteiger partial charge in [-0.15, -0.1) is 11.3 Å². The van der Waals surface area contributed by atoms with E-state index in [0.29, 0.717) is 18.5 Å². The highest BCUT2D eigenvalue weighted by atomic mass is 32.1. The second-order valence-corrected chi connectivity index (χ2v) is 4.19. The van der Waals surface area contributed by atoms with E-state index in [4.69, 9.17) is 0 Å². The molecule has 0 aliphatic rings. The predicted molar refractivity (Wildman–Crippen MR) is 60.0 cm³/mol. The fraction of sp³-hybridized carbons (Fsp3) is 0.600. The van der Waals surface area contributed by atoms with Crippen molar-refractivity contribution >= 4 is 17.2 Å². The molecule has 0 atom stereocenters. The summed E-state index contributed by atoms with van der Waals surface area (Å²) < 4.78 is 0. The Balaban J connectivity index is 2.71. The Morgan fingerprint density at radius 2 is 2.27 bits per heavy atom. The molecular weight excluding hydrogens is 212 g/mol. The van der Waals surface area contributed by atoms with Gasteiger partial charge in [0.25, 0.3) is 5.91 Å². The Hall–Kier alpha value is -0.940. The zero-order valence-corrected chi connectivity index (χ0v) is 9.80. The number of aromatic nitrogens is 1. The van der Waals surface area contributed by atoms with Crippen LogP contribution in [0.15, 0.2) is 10.9 Å². The fourth-order valence-electron chi connectivity index (χ4n) is 1.32. The molecule has 1 aromatic heterocycles. The molecule has 2 N–H and O–H groups in total. The number of aliphatic hydroxyl groups excluding tert-OH is 1. The van der Waals surface area contributed by atoms with Gasteiger partial charge >= 0.3 is 0 Å². The van der Waals surface area contributed by atoms with E-state index < -0.39 is 5.54 Å². The average molecular weight is 228 g/mol. The standard InChI is InChI=1S/C10H16N2O2S/c1-3-10(4-2,6-13)12-9(14)8-5-15-7-11-8/h5,7,13H,3-4,6H2,1-2H3,(H,12,14). The van der Waals surface area contributed by atoms with Gasteiger partial charge in [-0.1, -0.05) is 13.8 Å². The lowest BCUT2D eigenvalue weighted by atomic mass is 9.94. The Labute approximate surface area is 93.4 Å². The number of nitrogens with one attached hydrogen (secondary N) is 1. The van der Waals surface area contributed by atoms with E-state index in [2.05, 4.69) is 10.3 Å². The molecule has 5 heteroatoms. The lowest BCUT2D eigenvalue weighted by molar-refractivity contribution is 0.0813. The molecule has 0 radical (unpaired) electrons. The van der Waals surface area contributed by atoms with Crippen molar-refractivity contribution in [2.45, 2.75) is 32.2 Å². The van der Waals surface area contributed by atoms with Crippen molar-refractivity contribution in [1.82, 2.24) is 10.3 Å². The predicted octanol–water partition coefficient (Wildman–Crippen LogP) is 1.42. The number of amides is 1. The summed E-state index contributed by atoms with van der Waals surface area (Å²) in [6, 6.07) is 0. The Morgan fingerprint density at radius 1 is 1.60 bits per heavy atom. The van der Waals surface area contributed by atoms with Crippen molar-refractivity contribution in [3.63, 3.8) is 0 Å². The summed E-state index contributed by atoms with van der Waals surface area (Å²) >= 11 is 1.38. The monoisotopic (exact) mass is 228 g/mol. The fourth-order valence-corrected chi connectivity index (χ4v) is 1.85. The molecule has 84 valence electrons. The van der Waals surface area contributed by atoms with Gasteiger partial charge in [-0.05, 0) is 12.8 Å². The smallest absolute Gasteiger partial charge is 0.271 e. The van der Waals surface area contributed by atoms with Crippen LogP contribution in [-0.2, 0) is 0 Å².